The Bertz CT molecular complexity index is 742. The lowest BCUT2D eigenvalue weighted by molar-refractivity contribution is -0.142. The molecule has 0 bridgehead atoms. The number of aliphatic hydroxyl groups is 1. The van der Waals surface area contributed by atoms with Gasteiger partial charge in [-0.05, 0) is 43.5 Å². The fraction of sp³-hybridized carbons (Fsp3) is 0.381. The van der Waals surface area contributed by atoms with Gasteiger partial charge in [0, 0.05) is 19.5 Å². The van der Waals surface area contributed by atoms with Gasteiger partial charge in [-0.15, -0.1) is 0 Å². The van der Waals surface area contributed by atoms with Crippen molar-refractivity contribution in [3.05, 3.63) is 66.0 Å². The Kier molecular flexibility index (Phi) is 5.57. The Morgan fingerprint density at radius 2 is 1.77 bits per heavy atom. The third kappa shape index (κ3) is 4.41. The van der Waals surface area contributed by atoms with Gasteiger partial charge in [-0.3, -0.25) is 4.79 Å². The van der Waals surface area contributed by atoms with Crippen LogP contribution in [0.15, 0.2) is 54.6 Å². The number of nitrogens with zero attached hydrogens (tertiary/aromatic N) is 1. The predicted molar refractivity (Wildman–Crippen MR) is 97.4 cm³/mol. The van der Waals surface area contributed by atoms with E-state index in [1.54, 1.807) is 30.0 Å². The highest BCUT2D eigenvalue weighted by Gasteiger charge is 2.36. The van der Waals surface area contributed by atoms with Crippen molar-refractivity contribution in [1.82, 2.24) is 4.90 Å². The van der Waals surface area contributed by atoms with Gasteiger partial charge in [-0.1, -0.05) is 36.4 Å². The number of hydrogen-bond donors (Lipinski definition) is 1. The van der Waals surface area contributed by atoms with E-state index in [4.69, 9.17) is 4.74 Å². The highest BCUT2D eigenvalue weighted by molar-refractivity contribution is 5.81. The molecule has 3 rings (SSSR count). The minimum absolute atomic E-state index is 0.0956. The number of ether oxygens (including phenoxy) is 1. The summed E-state index contributed by atoms with van der Waals surface area (Å²) in [7, 11) is 0. The van der Waals surface area contributed by atoms with Gasteiger partial charge in [0.1, 0.15) is 11.6 Å². The first-order valence-electron chi connectivity index (χ1n) is 8.93. The lowest BCUT2D eigenvalue weighted by atomic mass is 9.85. The highest BCUT2D eigenvalue weighted by atomic mass is 19.1. The second-order valence-electron chi connectivity index (χ2n) is 6.89. The van der Waals surface area contributed by atoms with Crippen LogP contribution in [0.25, 0.3) is 0 Å². The van der Waals surface area contributed by atoms with Crippen molar-refractivity contribution in [3.8, 4) is 5.75 Å². The first kappa shape index (κ1) is 18.4. The van der Waals surface area contributed by atoms with Gasteiger partial charge in [0.2, 0.25) is 0 Å². The van der Waals surface area contributed by atoms with Crippen LogP contribution in [0.5, 0.6) is 5.75 Å². The predicted octanol–water partition coefficient (Wildman–Crippen LogP) is 3.19. The van der Waals surface area contributed by atoms with Crippen LogP contribution in [-0.4, -0.2) is 40.7 Å². The Hall–Kier alpha value is -2.40. The van der Waals surface area contributed by atoms with Crippen LogP contribution >= 0.6 is 0 Å². The zero-order valence-electron chi connectivity index (χ0n) is 14.9. The number of carbonyl (C=O) groups is 1. The number of carbonyl (C=O) groups excluding carboxylic acids is 1. The van der Waals surface area contributed by atoms with Crippen LogP contribution < -0.4 is 4.74 Å². The van der Waals surface area contributed by atoms with E-state index in [9.17, 15) is 14.3 Å². The maximum Gasteiger partial charge on any atom is 0.263 e. The lowest BCUT2D eigenvalue weighted by Crippen LogP contribution is -2.50. The molecule has 26 heavy (non-hydrogen) atoms. The number of hydrogen-bond acceptors (Lipinski definition) is 3. The SMILES string of the molecule is CC(Oc1ccccc1)C(=O)N1CCC(O)(Cc2ccccc2F)CC1. The van der Waals surface area contributed by atoms with Crippen molar-refractivity contribution in [3.63, 3.8) is 0 Å². The van der Waals surface area contributed by atoms with E-state index in [0.29, 0.717) is 37.2 Å². The molecule has 1 atom stereocenters. The number of benzene rings is 2. The fourth-order valence-corrected chi connectivity index (χ4v) is 3.33. The molecule has 0 aliphatic carbocycles. The first-order chi connectivity index (χ1) is 12.5. The number of amides is 1. The normalized spacial score (nSPS) is 17.6. The van der Waals surface area contributed by atoms with E-state index in [1.165, 1.54) is 6.07 Å². The van der Waals surface area contributed by atoms with Gasteiger partial charge in [-0.2, -0.15) is 0 Å². The number of para-hydroxylation sites is 1. The molecule has 1 unspecified atom stereocenters. The Balaban J connectivity index is 1.55. The molecule has 0 spiro atoms. The van der Waals surface area contributed by atoms with Crippen LogP contribution in [0, 0.1) is 5.82 Å². The van der Waals surface area contributed by atoms with Crippen LogP contribution in [0.4, 0.5) is 4.39 Å². The molecule has 1 N–H and O–H groups in total. The molecule has 0 saturated carbocycles. The summed E-state index contributed by atoms with van der Waals surface area (Å²) in [5.74, 6) is 0.257. The Morgan fingerprint density at radius 3 is 2.42 bits per heavy atom. The summed E-state index contributed by atoms with van der Waals surface area (Å²) in [6, 6.07) is 15.7. The van der Waals surface area contributed by atoms with Crippen molar-refractivity contribution < 1.29 is 19.0 Å². The zero-order chi connectivity index (χ0) is 18.6. The van der Waals surface area contributed by atoms with Crippen molar-refractivity contribution >= 4 is 5.91 Å². The number of halogens is 1. The smallest absolute Gasteiger partial charge is 0.263 e. The van der Waals surface area contributed by atoms with Crippen molar-refractivity contribution in [2.75, 3.05) is 13.1 Å². The quantitative estimate of drug-likeness (QED) is 0.894. The van der Waals surface area contributed by atoms with Gasteiger partial charge in [-0.25, -0.2) is 4.39 Å². The van der Waals surface area contributed by atoms with Crippen LogP contribution in [-0.2, 0) is 11.2 Å². The summed E-state index contributed by atoms with van der Waals surface area (Å²) < 4.78 is 19.5. The van der Waals surface area contributed by atoms with Crippen molar-refractivity contribution in [2.45, 2.75) is 37.9 Å². The van der Waals surface area contributed by atoms with Gasteiger partial charge in [0.25, 0.3) is 5.91 Å². The molecule has 0 aromatic heterocycles. The summed E-state index contributed by atoms with van der Waals surface area (Å²) in [5.41, 5.74) is -0.474. The molecule has 2 aromatic rings. The minimum atomic E-state index is -0.984. The second-order valence-corrected chi connectivity index (χ2v) is 6.89. The lowest BCUT2D eigenvalue weighted by Gasteiger charge is -2.39. The number of likely N-dealkylation sites (tertiary alicyclic amines) is 1. The molecule has 1 saturated heterocycles. The summed E-state index contributed by atoms with van der Waals surface area (Å²) in [4.78, 5) is 14.3. The molecule has 138 valence electrons. The third-order valence-electron chi connectivity index (χ3n) is 4.89. The Labute approximate surface area is 153 Å². The van der Waals surface area contributed by atoms with Gasteiger partial charge in [0.05, 0.1) is 5.60 Å². The number of piperidine rings is 1. The molecule has 1 aliphatic heterocycles. The standard InChI is InChI=1S/C21H24FNO3/c1-16(26-18-8-3-2-4-9-18)20(24)23-13-11-21(25,12-14-23)15-17-7-5-6-10-19(17)22/h2-10,16,25H,11-15H2,1H3. The van der Waals surface area contributed by atoms with E-state index in [1.807, 2.05) is 30.3 Å². The van der Waals surface area contributed by atoms with E-state index in [-0.39, 0.29) is 18.1 Å². The molecule has 1 aliphatic rings. The topological polar surface area (TPSA) is 49.8 Å². The van der Waals surface area contributed by atoms with E-state index < -0.39 is 11.7 Å². The summed E-state index contributed by atoms with van der Waals surface area (Å²) in [6.07, 6.45) is 0.517. The van der Waals surface area contributed by atoms with E-state index in [0.717, 1.165) is 0 Å². The minimum Gasteiger partial charge on any atom is -0.481 e. The largest absolute Gasteiger partial charge is 0.481 e. The molecule has 1 amide bonds. The molecule has 1 fully saturated rings. The number of rotatable bonds is 5. The molecule has 1 heterocycles. The summed E-state index contributed by atoms with van der Waals surface area (Å²) >= 11 is 0. The zero-order valence-corrected chi connectivity index (χ0v) is 14.9. The molecule has 2 aromatic carbocycles. The highest BCUT2D eigenvalue weighted by Crippen LogP contribution is 2.28. The average molecular weight is 357 g/mol. The molecule has 4 nitrogen and oxygen atoms in total. The molecule has 5 heteroatoms. The maximum absolute atomic E-state index is 13.8. The molecule has 0 radical (unpaired) electrons. The van der Waals surface area contributed by atoms with Gasteiger partial charge in [0.15, 0.2) is 6.10 Å². The summed E-state index contributed by atoms with van der Waals surface area (Å²) in [5, 5.41) is 10.8. The fourth-order valence-electron chi connectivity index (χ4n) is 3.33. The van der Waals surface area contributed by atoms with Gasteiger partial charge < -0.3 is 14.7 Å². The average Bonchev–Trinajstić information content (AvgIpc) is 2.64. The maximum atomic E-state index is 13.8. The van der Waals surface area contributed by atoms with Crippen molar-refractivity contribution in [2.24, 2.45) is 0 Å². The van der Waals surface area contributed by atoms with Crippen LogP contribution in [0.1, 0.15) is 25.3 Å². The van der Waals surface area contributed by atoms with Gasteiger partial charge >= 0.3 is 0 Å². The summed E-state index contributed by atoms with van der Waals surface area (Å²) in [6.45, 7) is 2.61. The monoisotopic (exact) mass is 357 g/mol. The van der Waals surface area contributed by atoms with Crippen LogP contribution in [0.2, 0.25) is 0 Å². The van der Waals surface area contributed by atoms with Crippen LogP contribution in [0.3, 0.4) is 0 Å². The van der Waals surface area contributed by atoms with E-state index in [2.05, 4.69) is 0 Å². The molecular formula is C21H24FNO3. The van der Waals surface area contributed by atoms with Crippen molar-refractivity contribution in [1.29, 1.82) is 0 Å². The molecular weight excluding hydrogens is 333 g/mol. The van der Waals surface area contributed by atoms with E-state index >= 15 is 0 Å². The first-order valence-corrected chi connectivity index (χ1v) is 8.93. The Morgan fingerprint density at radius 1 is 1.15 bits per heavy atom. The third-order valence-corrected chi connectivity index (χ3v) is 4.89. The second kappa shape index (κ2) is 7.87.